The Morgan fingerprint density at radius 1 is 1.23 bits per heavy atom. The molecule has 138 valence electrons. The highest BCUT2D eigenvalue weighted by molar-refractivity contribution is 6.33. The van der Waals surface area contributed by atoms with E-state index in [4.69, 9.17) is 16.0 Å². The van der Waals surface area contributed by atoms with Gasteiger partial charge in [-0.15, -0.1) is 0 Å². The molecule has 0 bridgehead atoms. The maximum Gasteiger partial charge on any atom is 0.220 e. The maximum atomic E-state index is 12.2. The number of oxazole rings is 1. The van der Waals surface area contributed by atoms with Gasteiger partial charge in [0.1, 0.15) is 0 Å². The van der Waals surface area contributed by atoms with Crippen LogP contribution in [0.5, 0.6) is 0 Å². The van der Waals surface area contributed by atoms with E-state index in [0.29, 0.717) is 35.6 Å². The summed E-state index contributed by atoms with van der Waals surface area (Å²) in [6, 6.07) is 8.63. The Balaban J connectivity index is 1.24. The van der Waals surface area contributed by atoms with Crippen molar-refractivity contribution in [2.75, 3.05) is 13.1 Å². The van der Waals surface area contributed by atoms with E-state index in [1.165, 1.54) is 12.8 Å². The zero-order chi connectivity index (χ0) is 17.9. The van der Waals surface area contributed by atoms with Crippen LogP contribution < -0.4 is 5.32 Å². The van der Waals surface area contributed by atoms with Crippen molar-refractivity contribution < 1.29 is 9.21 Å². The molecule has 6 heteroatoms. The summed E-state index contributed by atoms with van der Waals surface area (Å²) >= 11 is 6.18. The molecular formula is C20H24ClN3O2. The zero-order valence-electron chi connectivity index (χ0n) is 14.8. The fraction of sp³-hybridized carbons (Fsp3) is 0.500. The second-order valence-corrected chi connectivity index (χ2v) is 7.61. The van der Waals surface area contributed by atoms with Crippen molar-refractivity contribution in [3.8, 4) is 11.3 Å². The van der Waals surface area contributed by atoms with Crippen molar-refractivity contribution in [2.45, 2.75) is 50.6 Å². The summed E-state index contributed by atoms with van der Waals surface area (Å²) in [5, 5.41) is 3.79. The average Bonchev–Trinajstić information content (AvgIpc) is 3.39. The third kappa shape index (κ3) is 4.27. The van der Waals surface area contributed by atoms with Crippen LogP contribution in [-0.2, 0) is 11.2 Å². The number of carbonyl (C=O) groups excluding carboxylic acids is 1. The molecule has 0 radical (unpaired) electrons. The fourth-order valence-electron chi connectivity index (χ4n) is 3.58. The first-order valence-electron chi connectivity index (χ1n) is 9.42. The zero-order valence-corrected chi connectivity index (χ0v) is 15.5. The number of benzene rings is 1. The lowest BCUT2D eigenvalue weighted by atomic mass is 10.0. The molecule has 1 aromatic carbocycles. The molecule has 1 aliphatic heterocycles. The van der Waals surface area contributed by atoms with Crippen molar-refractivity contribution in [1.82, 2.24) is 15.2 Å². The van der Waals surface area contributed by atoms with Crippen LogP contribution in [0.4, 0.5) is 0 Å². The number of halogens is 1. The van der Waals surface area contributed by atoms with Crippen LogP contribution in [0.1, 0.15) is 38.0 Å². The lowest BCUT2D eigenvalue weighted by Crippen LogP contribution is -2.45. The van der Waals surface area contributed by atoms with Gasteiger partial charge >= 0.3 is 0 Å². The minimum atomic E-state index is 0.0763. The Morgan fingerprint density at radius 2 is 2.00 bits per heavy atom. The molecule has 1 aromatic heterocycles. The van der Waals surface area contributed by atoms with Crippen molar-refractivity contribution in [2.24, 2.45) is 0 Å². The Hall–Kier alpha value is -1.85. The van der Waals surface area contributed by atoms with E-state index in [1.807, 2.05) is 24.3 Å². The molecule has 5 nitrogen and oxygen atoms in total. The molecule has 2 aliphatic rings. The third-order valence-electron chi connectivity index (χ3n) is 5.22. The number of likely N-dealkylation sites (tertiary alicyclic amines) is 1. The first kappa shape index (κ1) is 17.6. The molecule has 0 atom stereocenters. The summed E-state index contributed by atoms with van der Waals surface area (Å²) in [4.78, 5) is 19.1. The van der Waals surface area contributed by atoms with E-state index >= 15 is 0 Å². The largest absolute Gasteiger partial charge is 0.441 e. The minimum absolute atomic E-state index is 0.0763. The number of hydrogen-bond acceptors (Lipinski definition) is 4. The quantitative estimate of drug-likeness (QED) is 0.839. The topological polar surface area (TPSA) is 58.4 Å². The molecule has 1 amide bonds. The highest BCUT2D eigenvalue weighted by Crippen LogP contribution is 2.29. The van der Waals surface area contributed by atoms with Gasteiger partial charge in [0, 0.05) is 43.6 Å². The van der Waals surface area contributed by atoms with Crippen LogP contribution in [0, 0.1) is 0 Å². The Labute approximate surface area is 158 Å². The van der Waals surface area contributed by atoms with Gasteiger partial charge in [-0.3, -0.25) is 4.79 Å². The Morgan fingerprint density at radius 3 is 2.73 bits per heavy atom. The monoisotopic (exact) mass is 373 g/mol. The molecule has 4 rings (SSSR count). The van der Waals surface area contributed by atoms with Gasteiger partial charge in [-0.05, 0) is 37.8 Å². The molecule has 1 aliphatic carbocycles. The lowest BCUT2D eigenvalue weighted by Gasteiger charge is -2.32. The van der Waals surface area contributed by atoms with Crippen LogP contribution in [0.2, 0.25) is 5.02 Å². The summed E-state index contributed by atoms with van der Waals surface area (Å²) in [6.45, 7) is 2.22. The summed E-state index contributed by atoms with van der Waals surface area (Å²) in [5.74, 6) is 1.28. The molecule has 2 heterocycles. The Kier molecular flexibility index (Phi) is 5.27. The fourth-order valence-corrected chi connectivity index (χ4v) is 3.81. The van der Waals surface area contributed by atoms with Crippen LogP contribution in [0.25, 0.3) is 11.3 Å². The molecule has 26 heavy (non-hydrogen) atoms. The SMILES string of the molecule is O=C(CCc1ncc(-c2ccccc2Cl)o1)NC1CCN(C2CC2)CC1. The van der Waals surface area contributed by atoms with Gasteiger partial charge in [-0.25, -0.2) is 4.98 Å². The van der Waals surface area contributed by atoms with E-state index in [1.54, 1.807) is 6.20 Å². The van der Waals surface area contributed by atoms with Crippen LogP contribution in [0.3, 0.4) is 0 Å². The van der Waals surface area contributed by atoms with E-state index in [2.05, 4.69) is 15.2 Å². The van der Waals surface area contributed by atoms with Gasteiger partial charge in [0.2, 0.25) is 5.91 Å². The number of aryl methyl sites for hydroxylation is 1. The summed E-state index contributed by atoms with van der Waals surface area (Å²) in [5.41, 5.74) is 0.819. The first-order valence-corrected chi connectivity index (χ1v) is 9.80. The molecule has 1 saturated heterocycles. The summed E-state index contributed by atoms with van der Waals surface area (Å²) in [6.07, 6.45) is 7.37. The lowest BCUT2D eigenvalue weighted by molar-refractivity contribution is -0.122. The standard InChI is InChI=1S/C20H24ClN3O2/c21-17-4-2-1-3-16(17)18-13-22-20(26-18)8-7-19(25)23-14-9-11-24(12-10-14)15-5-6-15/h1-4,13-15H,5-12H2,(H,23,25). The Bertz CT molecular complexity index is 764. The van der Waals surface area contributed by atoms with Crippen molar-refractivity contribution >= 4 is 17.5 Å². The van der Waals surface area contributed by atoms with Crippen molar-refractivity contribution in [3.05, 3.63) is 41.4 Å². The van der Waals surface area contributed by atoms with Crippen LogP contribution >= 0.6 is 11.6 Å². The van der Waals surface area contributed by atoms with Crippen molar-refractivity contribution in [1.29, 1.82) is 0 Å². The number of piperidine rings is 1. The second-order valence-electron chi connectivity index (χ2n) is 7.21. The van der Waals surface area contributed by atoms with Gasteiger partial charge in [-0.2, -0.15) is 0 Å². The van der Waals surface area contributed by atoms with Crippen molar-refractivity contribution in [3.63, 3.8) is 0 Å². The van der Waals surface area contributed by atoms with E-state index < -0.39 is 0 Å². The molecular weight excluding hydrogens is 350 g/mol. The van der Waals surface area contributed by atoms with Gasteiger partial charge in [0.15, 0.2) is 11.7 Å². The highest BCUT2D eigenvalue weighted by Gasteiger charge is 2.32. The number of aromatic nitrogens is 1. The van der Waals surface area contributed by atoms with Gasteiger partial charge in [0.05, 0.1) is 11.2 Å². The van der Waals surface area contributed by atoms with Gasteiger partial charge in [0.25, 0.3) is 0 Å². The number of hydrogen-bond donors (Lipinski definition) is 1. The predicted molar refractivity (Wildman–Crippen MR) is 101 cm³/mol. The number of nitrogens with zero attached hydrogens (tertiary/aromatic N) is 2. The molecule has 1 N–H and O–H groups in total. The maximum absolute atomic E-state index is 12.2. The molecule has 2 aromatic rings. The van der Waals surface area contributed by atoms with Crippen LogP contribution in [-0.4, -0.2) is 41.0 Å². The number of rotatable bonds is 6. The van der Waals surface area contributed by atoms with E-state index in [0.717, 1.165) is 37.5 Å². The smallest absolute Gasteiger partial charge is 0.220 e. The molecule has 0 unspecified atom stereocenters. The number of nitrogens with one attached hydrogen (secondary N) is 1. The summed E-state index contributed by atoms with van der Waals surface area (Å²) < 4.78 is 5.76. The number of amides is 1. The van der Waals surface area contributed by atoms with E-state index in [9.17, 15) is 4.79 Å². The molecule has 2 fully saturated rings. The third-order valence-corrected chi connectivity index (χ3v) is 5.55. The molecule has 0 spiro atoms. The second kappa shape index (κ2) is 7.80. The van der Waals surface area contributed by atoms with E-state index in [-0.39, 0.29) is 5.91 Å². The predicted octanol–water partition coefficient (Wildman–Crippen LogP) is 3.67. The minimum Gasteiger partial charge on any atom is -0.441 e. The first-order chi connectivity index (χ1) is 12.7. The highest BCUT2D eigenvalue weighted by atomic mass is 35.5. The summed E-state index contributed by atoms with van der Waals surface area (Å²) in [7, 11) is 0. The van der Waals surface area contributed by atoms with Gasteiger partial charge in [-0.1, -0.05) is 23.7 Å². The average molecular weight is 374 g/mol. The normalized spacial score (nSPS) is 18.8. The van der Waals surface area contributed by atoms with Gasteiger partial charge < -0.3 is 14.6 Å². The van der Waals surface area contributed by atoms with Crippen LogP contribution in [0.15, 0.2) is 34.9 Å². The molecule has 1 saturated carbocycles. The number of carbonyl (C=O) groups is 1.